The van der Waals surface area contributed by atoms with Crippen LogP contribution >= 0.6 is 0 Å². The summed E-state index contributed by atoms with van der Waals surface area (Å²) in [7, 11) is 0. The van der Waals surface area contributed by atoms with E-state index < -0.39 is 6.10 Å². The Morgan fingerprint density at radius 2 is 1.23 bits per heavy atom. The summed E-state index contributed by atoms with van der Waals surface area (Å²) in [6, 6.07) is 0. The van der Waals surface area contributed by atoms with Gasteiger partial charge in [-0.2, -0.15) is 0 Å². The maximum absolute atomic E-state index is 10.0. The van der Waals surface area contributed by atoms with Gasteiger partial charge in [-0.05, 0) is 40.0 Å². The van der Waals surface area contributed by atoms with E-state index >= 15 is 0 Å². The Morgan fingerprint density at radius 3 is 1.77 bits per heavy atom. The molecule has 0 aliphatic carbocycles. The van der Waals surface area contributed by atoms with E-state index in [4.69, 9.17) is 28.4 Å². The van der Waals surface area contributed by atoms with Gasteiger partial charge in [0.05, 0.1) is 26.4 Å². The van der Waals surface area contributed by atoms with Crippen LogP contribution in [0, 0.1) is 5.92 Å². The van der Waals surface area contributed by atoms with Gasteiger partial charge in [-0.3, -0.25) is 0 Å². The molecule has 1 N–H and O–H groups in total. The minimum Gasteiger partial charge on any atom is -0.388 e. The number of aliphatic hydroxyl groups is 1. The van der Waals surface area contributed by atoms with Crippen LogP contribution in [-0.4, -0.2) is 76.1 Å². The molecule has 0 spiro atoms. The van der Waals surface area contributed by atoms with Crippen LogP contribution in [0.5, 0.6) is 0 Å². The highest BCUT2D eigenvalue weighted by Crippen LogP contribution is 2.05. The molecular weight excluding hydrogens is 340 g/mol. The molecule has 4 unspecified atom stereocenters. The first-order valence-electron chi connectivity index (χ1n) is 9.72. The Labute approximate surface area is 159 Å². The molecule has 0 aromatic rings. The molecule has 0 saturated carbocycles. The second-order valence-electron chi connectivity index (χ2n) is 6.58. The third-order valence-electron chi connectivity index (χ3n) is 3.51. The fourth-order valence-electron chi connectivity index (χ4n) is 2.03. The summed E-state index contributed by atoms with van der Waals surface area (Å²) in [6.07, 6.45) is -0.666. The van der Waals surface area contributed by atoms with Gasteiger partial charge in [0, 0.05) is 19.8 Å². The Hall–Kier alpha value is -0.280. The quantitative estimate of drug-likeness (QED) is 0.289. The summed E-state index contributed by atoms with van der Waals surface area (Å²) in [5, 5.41) is 10.0. The van der Waals surface area contributed by atoms with Crippen LogP contribution in [0.15, 0.2) is 0 Å². The van der Waals surface area contributed by atoms with Crippen molar-refractivity contribution < 1.29 is 33.5 Å². The number of aliphatic hydroxyl groups excluding tert-OH is 1. The molecule has 0 bridgehead atoms. The van der Waals surface area contributed by atoms with Crippen molar-refractivity contribution in [2.24, 2.45) is 5.92 Å². The zero-order valence-electron chi connectivity index (χ0n) is 17.4. The Morgan fingerprint density at radius 1 is 0.692 bits per heavy atom. The van der Waals surface area contributed by atoms with Gasteiger partial charge in [-0.1, -0.05) is 13.8 Å². The zero-order valence-corrected chi connectivity index (χ0v) is 17.4. The van der Waals surface area contributed by atoms with Gasteiger partial charge in [0.1, 0.15) is 12.2 Å². The molecule has 0 radical (unpaired) electrons. The van der Waals surface area contributed by atoms with Gasteiger partial charge in [-0.15, -0.1) is 0 Å². The first-order chi connectivity index (χ1) is 12.4. The minimum atomic E-state index is -0.736. The molecule has 0 rings (SSSR count). The van der Waals surface area contributed by atoms with E-state index in [-0.39, 0.29) is 31.9 Å². The fourth-order valence-corrected chi connectivity index (χ4v) is 2.03. The maximum atomic E-state index is 10.0. The Kier molecular flexibility index (Phi) is 16.7. The summed E-state index contributed by atoms with van der Waals surface area (Å²) in [4.78, 5) is 0. The van der Waals surface area contributed by atoms with Crippen molar-refractivity contribution in [1.82, 2.24) is 0 Å². The van der Waals surface area contributed by atoms with Crippen molar-refractivity contribution in [2.45, 2.75) is 72.8 Å². The van der Waals surface area contributed by atoms with E-state index in [1.807, 2.05) is 20.8 Å². The third kappa shape index (κ3) is 15.9. The van der Waals surface area contributed by atoms with Gasteiger partial charge < -0.3 is 33.5 Å². The predicted molar refractivity (Wildman–Crippen MR) is 100 cm³/mol. The van der Waals surface area contributed by atoms with Crippen molar-refractivity contribution in [3.05, 3.63) is 0 Å². The molecule has 7 heteroatoms. The van der Waals surface area contributed by atoms with E-state index in [0.29, 0.717) is 39.0 Å². The van der Waals surface area contributed by atoms with Crippen molar-refractivity contribution in [3.8, 4) is 0 Å². The van der Waals surface area contributed by atoms with Crippen LogP contribution < -0.4 is 0 Å². The minimum absolute atomic E-state index is 0.142. The molecule has 4 atom stereocenters. The lowest BCUT2D eigenvalue weighted by atomic mass is 10.1. The lowest BCUT2D eigenvalue weighted by Crippen LogP contribution is -2.33. The molecule has 0 heterocycles. The highest BCUT2D eigenvalue weighted by atomic mass is 16.7. The summed E-state index contributed by atoms with van der Waals surface area (Å²) >= 11 is 0. The molecular formula is C19H40O7. The van der Waals surface area contributed by atoms with E-state index in [2.05, 4.69) is 13.8 Å². The zero-order chi connectivity index (χ0) is 19.8. The molecule has 0 amide bonds. The van der Waals surface area contributed by atoms with Gasteiger partial charge in [0.25, 0.3) is 0 Å². The van der Waals surface area contributed by atoms with Gasteiger partial charge in [0.15, 0.2) is 12.6 Å². The Balaban J connectivity index is 4.18. The second-order valence-corrected chi connectivity index (χ2v) is 6.58. The van der Waals surface area contributed by atoms with E-state index in [1.54, 1.807) is 6.92 Å². The molecule has 0 aliphatic rings. The number of ether oxygens (including phenoxy) is 6. The Bertz CT molecular complexity index is 302. The highest BCUT2D eigenvalue weighted by Gasteiger charge is 2.16. The van der Waals surface area contributed by atoms with Gasteiger partial charge in [0.2, 0.25) is 0 Å². The predicted octanol–water partition coefficient (Wildman–Crippen LogP) is 2.59. The lowest BCUT2D eigenvalue weighted by Gasteiger charge is -2.23. The molecule has 0 fully saturated rings. The maximum Gasteiger partial charge on any atom is 0.154 e. The first-order valence-corrected chi connectivity index (χ1v) is 9.72. The smallest absolute Gasteiger partial charge is 0.154 e. The van der Waals surface area contributed by atoms with Crippen LogP contribution in [0.3, 0.4) is 0 Å². The van der Waals surface area contributed by atoms with Crippen molar-refractivity contribution in [1.29, 1.82) is 0 Å². The standard InChI is InChI=1S/C19H40O7/c1-7-22-16(5)24-11-18(20)12-26-19(13-21-10-9-15(3)4)14-25-17(6)23-8-2/h15-20H,7-14H2,1-6H3. The van der Waals surface area contributed by atoms with E-state index in [0.717, 1.165) is 6.42 Å². The SMILES string of the molecule is CCOC(C)OCC(O)COC(COCCC(C)C)COC(C)OCC. The average Bonchev–Trinajstić information content (AvgIpc) is 2.58. The van der Waals surface area contributed by atoms with Crippen molar-refractivity contribution >= 4 is 0 Å². The van der Waals surface area contributed by atoms with E-state index in [1.165, 1.54) is 0 Å². The third-order valence-corrected chi connectivity index (χ3v) is 3.51. The second kappa shape index (κ2) is 16.9. The van der Waals surface area contributed by atoms with Gasteiger partial charge in [-0.25, -0.2) is 0 Å². The van der Waals surface area contributed by atoms with E-state index in [9.17, 15) is 5.11 Å². The van der Waals surface area contributed by atoms with Crippen LogP contribution in [0.1, 0.15) is 48.0 Å². The molecule has 0 saturated heterocycles. The summed E-state index contributed by atoms with van der Waals surface area (Å²) in [5.74, 6) is 0.592. The number of rotatable bonds is 18. The highest BCUT2D eigenvalue weighted by molar-refractivity contribution is 4.60. The normalized spacial score (nSPS) is 16.6. The number of hydrogen-bond donors (Lipinski definition) is 1. The van der Waals surface area contributed by atoms with Crippen LogP contribution in [0.25, 0.3) is 0 Å². The van der Waals surface area contributed by atoms with Crippen LogP contribution in [-0.2, 0) is 28.4 Å². The molecule has 158 valence electrons. The lowest BCUT2D eigenvalue weighted by molar-refractivity contribution is -0.173. The van der Waals surface area contributed by atoms with Crippen molar-refractivity contribution in [2.75, 3.05) is 46.2 Å². The van der Waals surface area contributed by atoms with Crippen molar-refractivity contribution in [3.63, 3.8) is 0 Å². The molecule has 26 heavy (non-hydrogen) atoms. The summed E-state index contributed by atoms with van der Waals surface area (Å²) in [5.41, 5.74) is 0. The summed E-state index contributed by atoms with van der Waals surface area (Å²) < 4.78 is 33.1. The van der Waals surface area contributed by atoms with Crippen LogP contribution in [0.4, 0.5) is 0 Å². The number of hydrogen-bond acceptors (Lipinski definition) is 7. The average molecular weight is 381 g/mol. The molecule has 0 aliphatic heterocycles. The van der Waals surface area contributed by atoms with Crippen LogP contribution in [0.2, 0.25) is 0 Å². The summed E-state index contributed by atoms with van der Waals surface area (Å²) in [6.45, 7) is 14.6. The van der Waals surface area contributed by atoms with Gasteiger partial charge >= 0.3 is 0 Å². The molecule has 0 aromatic carbocycles. The fraction of sp³-hybridized carbons (Fsp3) is 1.00. The first kappa shape index (κ1) is 25.7. The molecule has 7 nitrogen and oxygen atoms in total. The molecule has 0 aromatic heterocycles. The topological polar surface area (TPSA) is 75.6 Å². The monoisotopic (exact) mass is 380 g/mol. The largest absolute Gasteiger partial charge is 0.388 e.